The molecule has 0 bridgehead atoms. The van der Waals surface area contributed by atoms with Crippen LogP contribution in [0.5, 0.6) is 5.75 Å². The molecule has 0 saturated carbocycles. The summed E-state index contributed by atoms with van der Waals surface area (Å²) in [5.74, 6) is -0.101. The van der Waals surface area contributed by atoms with Crippen molar-refractivity contribution in [2.45, 2.75) is 26.0 Å². The molecule has 1 unspecified atom stereocenters. The summed E-state index contributed by atoms with van der Waals surface area (Å²) < 4.78 is 20.4. The van der Waals surface area contributed by atoms with Crippen LogP contribution >= 0.6 is 15.9 Å². The van der Waals surface area contributed by atoms with Gasteiger partial charge in [0, 0.05) is 28.5 Å². The van der Waals surface area contributed by atoms with Crippen LogP contribution in [0.3, 0.4) is 0 Å². The third-order valence-electron chi connectivity index (χ3n) is 2.74. The van der Waals surface area contributed by atoms with Gasteiger partial charge in [0.05, 0.1) is 0 Å². The fraction of sp³-hybridized carbons (Fsp3) is 0.267. The minimum Gasteiger partial charge on any atom is -0.485 e. The Morgan fingerprint density at radius 1 is 1.40 bits per heavy atom. The van der Waals surface area contributed by atoms with Crippen LogP contribution in [-0.2, 0) is 13.0 Å². The lowest BCUT2D eigenvalue weighted by molar-refractivity contribution is 0.286. The molecule has 5 heteroatoms. The molecule has 1 aromatic heterocycles. The van der Waals surface area contributed by atoms with Gasteiger partial charge >= 0.3 is 0 Å². The highest BCUT2D eigenvalue weighted by Gasteiger charge is 2.11. The molecule has 3 nitrogen and oxygen atoms in total. The second-order valence-electron chi connectivity index (χ2n) is 4.71. The summed E-state index contributed by atoms with van der Waals surface area (Å²) in [7, 11) is 0. The molecule has 106 valence electrons. The van der Waals surface area contributed by atoms with Gasteiger partial charge in [-0.15, -0.1) is 0 Å². The van der Waals surface area contributed by atoms with Gasteiger partial charge in [-0.25, -0.2) is 4.39 Å². The van der Waals surface area contributed by atoms with Crippen LogP contribution in [0.1, 0.15) is 18.1 Å². The van der Waals surface area contributed by atoms with Crippen LogP contribution in [0.2, 0.25) is 0 Å². The predicted octanol–water partition coefficient (Wildman–Crippen LogP) is 3.45. The highest BCUT2D eigenvalue weighted by Crippen LogP contribution is 2.25. The van der Waals surface area contributed by atoms with Crippen LogP contribution in [0, 0.1) is 5.82 Å². The lowest BCUT2D eigenvalue weighted by Crippen LogP contribution is -2.18. The summed E-state index contributed by atoms with van der Waals surface area (Å²) in [6.45, 7) is 2.15. The van der Waals surface area contributed by atoms with E-state index in [9.17, 15) is 4.39 Å². The third-order valence-corrected chi connectivity index (χ3v) is 3.17. The molecule has 0 fully saturated rings. The van der Waals surface area contributed by atoms with Crippen molar-refractivity contribution in [3.05, 3.63) is 58.1 Å². The molecule has 0 aliphatic rings. The quantitative estimate of drug-likeness (QED) is 0.908. The summed E-state index contributed by atoms with van der Waals surface area (Å²) in [5.41, 5.74) is 7.43. The first-order chi connectivity index (χ1) is 9.56. The number of ether oxygens (including phenoxy) is 1. The highest BCUT2D eigenvalue weighted by molar-refractivity contribution is 9.10. The van der Waals surface area contributed by atoms with E-state index < -0.39 is 0 Å². The van der Waals surface area contributed by atoms with Crippen molar-refractivity contribution < 1.29 is 9.13 Å². The van der Waals surface area contributed by atoms with E-state index in [2.05, 4.69) is 20.9 Å². The predicted molar refractivity (Wildman–Crippen MR) is 80.0 cm³/mol. The van der Waals surface area contributed by atoms with Gasteiger partial charge in [-0.3, -0.25) is 4.98 Å². The molecule has 2 N–H and O–H groups in total. The molecule has 0 aliphatic heterocycles. The fourth-order valence-electron chi connectivity index (χ4n) is 1.91. The van der Waals surface area contributed by atoms with Crippen molar-refractivity contribution in [1.82, 2.24) is 4.98 Å². The lowest BCUT2D eigenvalue weighted by atomic mass is 10.1. The Morgan fingerprint density at radius 3 is 2.90 bits per heavy atom. The van der Waals surface area contributed by atoms with E-state index in [1.807, 2.05) is 19.1 Å². The van der Waals surface area contributed by atoms with Crippen LogP contribution in [0.15, 0.2) is 41.1 Å². The number of hydrogen-bond acceptors (Lipinski definition) is 3. The van der Waals surface area contributed by atoms with Crippen LogP contribution < -0.4 is 10.5 Å². The molecule has 0 aliphatic carbocycles. The summed E-state index contributed by atoms with van der Waals surface area (Å²) in [6, 6.07) is 6.73. The number of halogens is 2. The Bertz CT molecular complexity index is 590. The average molecular weight is 339 g/mol. The Balaban J connectivity index is 2.16. The fourth-order valence-corrected chi connectivity index (χ4v) is 2.33. The van der Waals surface area contributed by atoms with E-state index in [1.54, 1.807) is 18.5 Å². The number of rotatable bonds is 5. The van der Waals surface area contributed by atoms with Crippen molar-refractivity contribution in [2.75, 3.05) is 0 Å². The van der Waals surface area contributed by atoms with Gasteiger partial charge in [0.1, 0.15) is 6.61 Å². The van der Waals surface area contributed by atoms with Crippen molar-refractivity contribution in [3.63, 3.8) is 0 Å². The smallest absolute Gasteiger partial charge is 0.165 e. The zero-order valence-electron chi connectivity index (χ0n) is 11.1. The topological polar surface area (TPSA) is 48.1 Å². The van der Waals surface area contributed by atoms with Gasteiger partial charge in [0.25, 0.3) is 0 Å². The first kappa shape index (κ1) is 14.9. The minimum atomic E-state index is -0.369. The maximum absolute atomic E-state index is 13.9. The molecule has 2 rings (SSSR count). The number of nitrogens with two attached hydrogens (primary N) is 1. The van der Waals surface area contributed by atoms with Gasteiger partial charge < -0.3 is 10.5 Å². The van der Waals surface area contributed by atoms with E-state index in [-0.39, 0.29) is 24.2 Å². The zero-order chi connectivity index (χ0) is 14.5. The molecular weight excluding hydrogens is 323 g/mol. The number of para-hydroxylation sites is 1. The number of benzene rings is 1. The SMILES string of the molecule is CC(N)Cc1cccc(F)c1OCc1cncc(Br)c1. The van der Waals surface area contributed by atoms with E-state index in [4.69, 9.17) is 10.5 Å². The minimum absolute atomic E-state index is 0.0494. The second-order valence-corrected chi connectivity index (χ2v) is 5.63. The molecular formula is C15H16BrFN2O. The van der Waals surface area contributed by atoms with E-state index in [0.717, 1.165) is 15.6 Å². The summed E-state index contributed by atoms with van der Waals surface area (Å²) in [6.07, 6.45) is 3.95. The highest BCUT2D eigenvalue weighted by atomic mass is 79.9. The molecule has 1 aromatic carbocycles. The second kappa shape index (κ2) is 6.81. The number of hydrogen-bond donors (Lipinski definition) is 1. The Hall–Kier alpha value is -1.46. The molecule has 0 amide bonds. The standard InChI is InChI=1S/C15H16BrFN2O/c1-10(18)5-12-3-2-4-14(17)15(12)20-9-11-6-13(16)8-19-7-11/h2-4,6-8,10H,5,9,18H2,1H3. The molecule has 0 radical (unpaired) electrons. The summed E-state index contributed by atoms with van der Waals surface area (Å²) in [4.78, 5) is 4.05. The van der Waals surface area contributed by atoms with Gasteiger partial charge in [0.15, 0.2) is 11.6 Å². The molecule has 0 saturated heterocycles. The van der Waals surface area contributed by atoms with Gasteiger partial charge in [-0.05, 0) is 47.0 Å². The van der Waals surface area contributed by atoms with Crippen molar-refractivity contribution >= 4 is 15.9 Å². The van der Waals surface area contributed by atoms with Gasteiger partial charge in [-0.1, -0.05) is 12.1 Å². The van der Waals surface area contributed by atoms with Crippen LogP contribution in [0.4, 0.5) is 4.39 Å². The first-order valence-corrected chi connectivity index (χ1v) is 7.10. The average Bonchev–Trinajstić information content (AvgIpc) is 2.37. The monoisotopic (exact) mass is 338 g/mol. The van der Waals surface area contributed by atoms with E-state index in [1.165, 1.54) is 6.07 Å². The molecule has 2 aromatic rings. The summed E-state index contributed by atoms with van der Waals surface area (Å²) >= 11 is 3.34. The normalized spacial score (nSPS) is 12.2. The number of nitrogens with zero attached hydrogens (tertiary/aromatic N) is 1. The van der Waals surface area contributed by atoms with Crippen molar-refractivity contribution in [3.8, 4) is 5.75 Å². The number of aromatic nitrogens is 1. The maximum atomic E-state index is 13.9. The third kappa shape index (κ3) is 4.02. The first-order valence-electron chi connectivity index (χ1n) is 6.31. The lowest BCUT2D eigenvalue weighted by Gasteiger charge is -2.14. The molecule has 1 atom stereocenters. The van der Waals surface area contributed by atoms with E-state index in [0.29, 0.717) is 6.42 Å². The van der Waals surface area contributed by atoms with Crippen LogP contribution in [0.25, 0.3) is 0 Å². The van der Waals surface area contributed by atoms with Crippen molar-refractivity contribution in [1.29, 1.82) is 0 Å². The zero-order valence-corrected chi connectivity index (χ0v) is 12.7. The molecule has 20 heavy (non-hydrogen) atoms. The Kier molecular flexibility index (Phi) is 5.09. The Morgan fingerprint density at radius 2 is 2.20 bits per heavy atom. The Labute approximate surface area is 126 Å². The summed E-state index contributed by atoms with van der Waals surface area (Å²) in [5, 5.41) is 0. The van der Waals surface area contributed by atoms with Gasteiger partial charge in [-0.2, -0.15) is 0 Å². The van der Waals surface area contributed by atoms with E-state index >= 15 is 0 Å². The molecule has 0 spiro atoms. The van der Waals surface area contributed by atoms with Gasteiger partial charge in [0.2, 0.25) is 0 Å². The maximum Gasteiger partial charge on any atom is 0.165 e. The largest absolute Gasteiger partial charge is 0.485 e. The molecule has 1 heterocycles. The van der Waals surface area contributed by atoms with Crippen molar-refractivity contribution in [2.24, 2.45) is 5.73 Å². The van der Waals surface area contributed by atoms with Crippen LogP contribution in [-0.4, -0.2) is 11.0 Å². The number of pyridine rings is 1.